The average Bonchev–Trinajstić information content (AvgIpc) is 2.88. The van der Waals surface area contributed by atoms with Crippen molar-refractivity contribution in [3.63, 3.8) is 0 Å². The highest BCUT2D eigenvalue weighted by atomic mass is 35.5. The molecule has 0 saturated heterocycles. The first-order chi connectivity index (χ1) is 18.2. The van der Waals surface area contributed by atoms with Crippen LogP contribution in [0, 0.1) is 11.6 Å². The van der Waals surface area contributed by atoms with Gasteiger partial charge in [0.2, 0.25) is 0 Å². The molecule has 2 N–H and O–H groups in total. The number of carbonyl (C=O) groups is 2. The second-order valence-electron chi connectivity index (χ2n) is 8.04. The van der Waals surface area contributed by atoms with E-state index in [1.165, 1.54) is 37.4 Å². The van der Waals surface area contributed by atoms with Gasteiger partial charge in [0.15, 0.2) is 11.6 Å². The van der Waals surface area contributed by atoms with Crippen LogP contribution in [-0.4, -0.2) is 32.1 Å². The summed E-state index contributed by atoms with van der Waals surface area (Å²) in [5.74, 6) is -2.86. The van der Waals surface area contributed by atoms with Crippen LogP contribution in [-0.2, 0) is 0 Å². The molecular weight excluding hydrogens is 541 g/mol. The summed E-state index contributed by atoms with van der Waals surface area (Å²) in [7, 11) is 1.34. The van der Waals surface area contributed by atoms with Gasteiger partial charge in [-0.05, 0) is 43.2 Å². The summed E-state index contributed by atoms with van der Waals surface area (Å²) in [5.41, 5.74) is -0.484. The lowest BCUT2D eigenvalue weighted by Gasteiger charge is -2.16. The molecule has 38 heavy (non-hydrogen) atoms. The molecule has 0 radical (unpaired) electrons. The van der Waals surface area contributed by atoms with Gasteiger partial charge in [-0.25, -0.2) is 8.78 Å². The van der Waals surface area contributed by atoms with E-state index in [0.717, 1.165) is 12.1 Å². The van der Waals surface area contributed by atoms with Crippen LogP contribution >= 0.6 is 23.2 Å². The van der Waals surface area contributed by atoms with E-state index < -0.39 is 23.4 Å². The van der Waals surface area contributed by atoms with Crippen molar-refractivity contribution in [1.29, 1.82) is 0 Å². The first kappa shape index (κ1) is 29.0. The maximum atomic E-state index is 14.7. The molecule has 202 valence electrons. The molecule has 11 heteroatoms. The zero-order valence-electron chi connectivity index (χ0n) is 20.9. The Kier molecular flexibility index (Phi) is 10.2. The largest absolute Gasteiger partial charge is 0.496 e. The fraction of sp³-hybridized carbons (Fsp3) is 0.259. The van der Waals surface area contributed by atoms with E-state index in [9.17, 15) is 18.4 Å². The van der Waals surface area contributed by atoms with Crippen LogP contribution in [0.3, 0.4) is 0 Å². The van der Waals surface area contributed by atoms with Crippen LogP contribution in [0.4, 0.5) is 20.2 Å². The summed E-state index contributed by atoms with van der Waals surface area (Å²) >= 11 is 11.9. The van der Waals surface area contributed by atoms with Crippen LogP contribution in [0.15, 0.2) is 42.5 Å². The molecule has 0 aliphatic carbocycles. The first-order valence-electron chi connectivity index (χ1n) is 11.7. The number of halogens is 4. The number of ether oxygens (including phenoxy) is 3. The maximum absolute atomic E-state index is 14.7. The van der Waals surface area contributed by atoms with Crippen LogP contribution in [0.2, 0.25) is 10.0 Å². The monoisotopic (exact) mass is 566 g/mol. The highest BCUT2D eigenvalue weighted by Crippen LogP contribution is 2.34. The van der Waals surface area contributed by atoms with Crippen molar-refractivity contribution in [2.24, 2.45) is 0 Å². The number of carbonyl (C=O) groups excluding carboxylic acids is 2. The van der Waals surface area contributed by atoms with Gasteiger partial charge in [0.25, 0.3) is 11.8 Å². The van der Waals surface area contributed by atoms with Gasteiger partial charge in [-0.1, -0.05) is 37.0 Å². The normalized spacial score (nSPS) is 10.6. The Bertz CT molecular complexity index is 1340. The quantitative estimate of drug-likeness (QED) is 0.253. The molecule has 3 aromatic carbocycles. The number of rotatable bonds is 11. The Labute approximate surface area is 229 Å². The number of anilines is 2. The zero-order chi connectivity index (χ0) is 27.8. The summed E-state index contributed by atoms with van der Waals surface area (Å²) in [6.45, 7) is 4.29. The third-order valence-electron chi connectivity index (χ3n) is 5.14. The van der Waals surface area contributed by atoms with Crippen molar-refractivity contribution in [3.8, 4) is 17.2 Å². The van der Waals surface area contributed by atoms with Gasteiger partial charge in [-0.2, -0.15) is 0 Å². The lowest BCUT2D eigenvalue weighted by molar-refractivity contribution is 0.102. The van der Waals surface area contributed by atoms with Gasteiger partial charge < -0.3 is 24.8 Å². The second kappa shape index (κ2) is 13.3. The molecule has 3 aromatic rings. The molecule has 0 aliphatic heterocycles. The molecule has 0 atom stereocenters. The van der Waals surface area contributed by atoms with E-state index in [1.807, 2.05) is 13.8 Å². The predicted molar refractivity (Wildman–Crippen MR) is 143 cm³/mol. The molecule has 0 aliphatic rings. The minimum absolute atomic E-state index is 0.00535. The molecular formula is C27H26Cl2F2N2O5. The number of amides is 2. The Morgan fingerprint density at radius 1 is 0.763 bits per heavy atom. The van der Waals surface area contributed by atoms with E-state index in [0.29, 0.717) is 12.8 Å². The molecule has 0 bridgehead atoms. The van der Waals surface area contributed by atoms with Crippen molar-refractivity contribution in [1.82, 2.24) is 0 Å². The highest BCUT2D eigenvalue weighted by molar-refractivity contribution is 6.31. The molecule has 0 spiro atoms. The van der Waals surface area contributed by atoms with E-state index in [1.54, 1.807) is 0 Å². The molecule has 3 rings (SSSR count). The second-order valence-corrected chi connectivity index (χ2v) is 8.91. The lowest BCUT2D eigenvalue weighted by Crippen LogP contribution is -2.18. The van der Waals surface area contributed by atoms with Crippen molar-refractivity contribution in [3.05, 3.63) is 75.3 Å². The van der Waals surface area contributed by atoms with Gasteiger partial charge >= 0.3 is 0 Å². The molecule has 7 nitrogen and oxygen atoms in total. The van der Waals surface area contributed by atoms with E-state index in [-0.39, 0.29) is 63.0 Å². The summed E-state index contributed by atoms with van der Waals surface area (Å²) in [4.78, 5) is 26.2. The number of hydrogen-bond donors (Lipinski definition) is 2. The Hall–Kier alpha value is -3.56. The Morgan fingerprint density at radius 3 is 1.74 bits per heavy atom. The van der Waals surface area contributed by atoms with Gasteiger partial charge in [0, 0.05) is 27.7 Å². The zero-order valence-corrected chi connectivity index (χ0v) is 22.4. The molecule has 0 saturated carbocycles. The molecule has 0 fully saturated rings. The van der Waals surface area contributed by atoms with Crippen LogP contribution < -0.4 is 24.8 Å². The highest BCUT2D eigenvalue weighted by Gasteiger charge is 2.22. The topological polar surface area (TPSA) is 85.9 Å². The van der Waals surface area contributed by atoms with Crippen LogP contribution in [0.1, 0.15) is 47.4 Å². The lowest BCUT2D eigenvalue weighted by atomic mass is 10.1. The number of hydrogen-bond acceptors (Lipinski definition) is 5. The summed E-state index contributed by atoms with van der Waals surface area (Å²) < 4.78 is 45.7. The van der Waals surface area contributed by atoms with Gasteiger partial charge in [-0.3, -0.25) is 9.59 Å². The SMILES string of the molecule is CCCOc1cc(Cl)cc(F)c1NC(=O)c1ccc(OC)c(C(=O)Nc2c(F)cc(Cl)cc2OCCC)c1. The maximum Gasteiger partial charge on any atom is 0.259 e. The van der Waals surface area contributed by atoms with E-state index in [4.69, 9.17) is 37.4 Å². The van der Waals surface area contributed by atoms with Crippen molar-refractivity contribution >= 4 is 46.4 Å². The van der Waals surface area contributed by atoms with Crippen LogP contribution in [0.5, 0.6) is 17.2 Å². The first-order valence-corrected chi connectivity index (χ1v) is 12.5. The smallest absolute Gasteiger partial charge is 0.259 e. The minimum atomic E-state index is -0.803. The minimum Gasteiger partial charge on any atom is -0.496 e. The molecule has 2 amide bonds. The predicted octanol–water partition coefficient (Wildman–Crippen LogP) is 7.36. The standard InChI is InChI=1S/C27H26Cl2F2N2O5/c1-4-8-37-22-13-16(28)11-19(30)24(22)32-26(34)15-6-7-21(36-3)18(10-15)27(35)33-25-20(31)12-17(29)14-23(25)38-9-5-2/h6-7,10-14H,4-5,8-9H2,1-3H3,(H,32,34)(H,33,35). The van der Waals surface area contributed by atoms with Gasteiger partial charge in [-0.15, -0.1) is 0 Å². The van der Waals surface area contributed by atoms with Gasteiger partial charge in [0.1, 0.15) is 28.6 Å². The van der Waals surface area contributed by atoms with E-state index >= 15 is 0 Å². The van der Waals surface area contributed by atoms with Crippen molar-refractivity contribution in [2.45, 2.75) is 26.7 Å². The summed E-state index contributed by atoms with van der Waals surface area (Å²) in [5, 5.41) is 5.13. The fourth-order valence-corrected chi connectivity index (χ4v) is 3.78. The molecule has 0 unspecified atom stereocenters. The third-order valence-corrected chi connectivity index (χ3v) is 5.58. The summed E-state index contributed by atoms with van der Waals surface area (Å²) in [6.07, 6.45) is 1.30. The number of benzene rings is 3. The Balaban J connectivity index is 1.92. The van der Waals surface area contributed by atoms with Gasteiger partial charge in [0.05, 0.1) is 25.9 Å². The third kappa shape index (κ3) is 7.05. The van der Waals surface area contributed by atoms with Crippen molar-refractivity contribution < 1.29 is 32.6 Å². The van der Waals surface area contributed by atoms with Crippen LogP contribution in [0.25, 0.3) is 0 Å². The summed E-state index contributed by atoms with van der Waals surface area (Å²) in [6, 6.07) is 8.88. The fourth-order valence-electron chi connectivity index (χ4n) is 3.39. The van der Waals surface area contributed by atoms with E-state index in [2.05, 4.69) is 10.6 Å². The number of methoxy groups -OCH3 is 1. The molecule has 0 heterocycles. The molecule has 0 aromatic heterocycles. The van der Waals surface area contributed by atoms with Crippen molar-refractivity contribution in [2.75, 3.05) is 31.0 Å². The Morgan fingerprint density at radius 2 is 1.26 bits per heavy atom. The average molecular weight is 567 g/mol. The number of nitrogens with one attached hydrogen (secondary N) is 2.